The summed E-state index contributed by atoms with van der Waals surface area (Å²) in [5.74, 6) is 1.57. The fourth-order valence-corrected chi connectivity index (χ4v) is 1.91. The van der Waals surface area contributed by atoms with Crippen molar-refractivity contribution in [2.45, 2.75) is 31.7 Å². The topological polar surface area (TPSA) is 47.9 Å². The second kappa shape index (κ2) is 5.38. The normalized spacial score (nSPS) is 27.4. The first-order valence-corrected chi connectivity index (χ1v) is 5.85. The summed E-state index contributed by atoms with van der Waals surface area (Å²) >= 11 is 0. The number of methoxy groups -OCH3 is 1. The van der Waals surface area contributed by atoms with E-state index in [9.17, 15) is 5.11 Å². The number of benzene rings is 1. The number of ether oxygens (including phenoxy) is 3. The molecule has 1 aliphatic carbocycles. The van der Waals surface area contributed by atoms with Crippen LogP contribution < -0.4 is 9.47 Å². The Morgan fingerprint density at radius 1 is 1.24 bits per heavy atom. The molecule has 0 radical (unpaired) electrons. The molecule has 1 aromatic carbocycles. The van der Waals surface area contributed by atoms with Gasteiger partial charge >= 0.3 is 0 Å². The first kappa shape index (κ1) is 12.2. The summed E-state index contributed by atoms with van der Waals surface area (Å²) < 4.78 is 16.2. The van der Waals surface area contributed by atoms with Gasteiger partial charge in [0.15, 0.2) is 0 Å². The monoisotopic (exact) mass is 238 g/mol. The number of aliphatic hydroxyl groups excluding tert-OH is 1. The van der Waals surface area contributed by atoms with Crippen LogP contribution in [0.1, 0.15) is 13.3 Å². The summed E-state index contributed by atoms with van der Waals surface area (Å²) in [6.07, 6.45) is -0.0462. The molecule has 0 aliphatic heterocycles. The Kier molecular flexibility index (Phi) is 3.86. The number of rotatable bonds is 5. The standard InChI is InChI=1S/C13H18O4/c1-3-16-13-11(14)8-12(13)17-10-6-4-9(15-2)5-7-10/h4-7,11-14H,3,8H2,1-2H3. The third-order valence-corrected chi connectivity index (χ3v) is 2.93. The Hall–Kier alpha value is -1.26. The summed E-state index contributed by atoms with van der Waals surface area (Å²) in [4.78, 5) is 0. The molecular formula is C13H18O4. The van der Waals surface area contributed by atoms with E-state index in [1.54, 1.807) is 7.11 Å². The van der Waals surface area contributed by atoms with Gasteiger partial charge in [-0.25, -0.2) is 0 Å². The van der Waals surface area contributed by atoms with Crippen molar-refractivity contribution in [2.24, 2.45) is 0 Å². The van der Waals surface area contributed by atoms with Crippen molar-refractivity contribution >= 4 is 0 Å². The van der Waals surface area contributed by atoms with Crippen LogP contribution in [0.25, 0.3) is 0 Å². The highest BCUT2D eigenvalue weighted by Gasteiger charge is 2.42. The van der Waals surface area contributed by atoms with Crippen LogP contribution in [-0.4, -0.2) is 37.1 Å². The highest BCUT2D eigenvalue weighted by atomic mass is 16.6. The lowest BCUT2D eigenvalue weighted by Gasteiger charge is -2.40. The van der Waals surface area contributed by atoms with Crippen molar-refractivity contribution in [3.8, 4) is 11.5 Å². The maximum atomic E-state index is 9.54. The molecule has 1 N–H and O–H groups in total. The highest BCUT2D eigenvalue weighted by molar-refractivity contribution is 5.31. The molecule has 94 valence electrons. The minimum Gasteiger partial charge on any atom is -0.497 e. The molecule has 17 heavy (non-hydrogen) atoms. The van der Waals surface area contributed by atoms with E-state index in [2.05, 4.69) is 0 Å². The Labute approximate surface area is 101 Å². The van der Waals surface area contributed by atoms with Gasteiger partial charge in [-0.1, -0.05) is 0 Å². The van der Waals surface area contributed by atoms with Gasteiger partial charge in [0.1, 0.15) is 23.7 Å². The van der Waals surface area contributed by atoms with E-state index in [1.807, 2.05) is 31.2 Å². The number of hydrogen-bond donors (Lipinski definition) is 1. The molecule has 3 unspecified atom stereocenters. The molecule has 0 saturated heterocycles. The third kappa shape index (κ3) is 2.70. The van der Waals surface area contributed by atoms with E-state index >= 15 is 0 Å². The second-order valence-corrected chi connectivity index (χ2v) is 4.05. The minimum atomic E-state index is -0.404. The zero-order chi connectivity index (χ0) is 12.3. The van der Waals surface area contributed by atoms with Crippen LogP contribution >= 0.6 is 0 Å². The van der Waals surface area contributed by atoms with Gasteiger partial charge in [-0.05, 0) is 31.2 Å². The number of aliphatic hydroxyl groups is 1. The molecule has 0 aromatic heterocycles. The third-order valence-electron chi connectivity index (χ3n) is 2.93. The zero-order valence-electron chi connectivity index (χ0n) is 10.1. The van der Waals surface area contributed by atoms with E-state index in [4.69, 9.17) is 14.2 Å². The van der Waals surface area contributed by atoms with Gasteiger partial charge in [0.25, 0.3) is 0 Å². The average molecular weight is 238 g/mol. The Bertz CT molecular complexity index is 349. The zero-order valence-corrected chi connectivity index (χ0v) is 10.1. The Morgan fingerprint density at radius 2 is 1.88 bits per heavy atom. The van der Waals surface area contributed by atoms with Crippen molar-refractivity contribution in [1.29, 1.82) is 0 Å². The summed E-state index contributed by atoms with van der Waals surface area (Å²) in [6, 6.07) is 7.40. The Morgan fingerprint density at radius 3 is 2.41 bits per heavy atom. The molecule has 0 bridgehead atoms. The predicted octanol–water partition coefficient (Wildman–Crippen LogP) is 1.61. The first-order chi connectivity index (χ1) is 8.24. The van der Waals surface area contributed by atoms with Crippen LogP contribution in [0.2, 0.25) is 0 Å². The van der Waals surface area contributed by atoms with Crippen molar-refractivity contribution in [3.63, 3.8) is 0 Å². The molecule has 1 fully saturated rings. The molecule has 4 heteroatoms. The maximum absolute atomic E-state index is 9.54. The van der Waals surface area contributed by atoms with Crippen LogP contribution in [0.5, 0.6) is 11.5 Å². The maximum Gasteiger partial charge on any atom is 0.130 e. The van der Waals surface area contributed by atoms with Gasteiger partial charge in [-0.2, -0.15) is 0 Å². The van der Waals surface area contributed by atoms with Crippen molar-refractivity contribution in [3.05, 3.63) is 24.3 Å². The lowest BCUT2D eigenvalue weighted by atomic mass is 9.88. The van der Waals surface area contributed by atoms with E-state index in [1.165, 1.54) is 0 Å². The molecule has 1 saturated carbocycles. The second-order valence-electron chi connectivity index (χ2n) is 4.05. The fraction of sp³-hybridized carbons (Fsp3) is 0.538. The van der Waals surface area contributed by atoms with Gasteiger partial charge in [-0.3, -0.25) is 0 Å². The molecule has 0 spiro atoms. The number of hydrogen-bond acceptors (Lipinski definition) is 4. The van der Waals surface area contributed by atoms with Gasteiger partial charge in [-0.15, -0.1) is 0 Å². The van der Waals surface area contributed by atoms with Crippen LogP contribution in [0.15, 0.2) is 24.3 Å². The Balaban J connectivity index is 1.92. The van der Waals surface area contributed by atoms with Crippen LogP contribution in [0.4, 0.5) is 0 Å². The van der Waals surface area contributed by atoms with Gasteiger partial charge < -0.3 is 19.3 Å². The lowest BCUT2D eigenvalue weighted by molar-refractivity contribution is -0.160. The largest absolute Gasteiger partial charge is 0.497 e. The molecule has 1 aliphatic rings. The fourth-order valence-electron chi connectivity index (χ4n) is 1.91. The lowest BCUT2D eigenvalue weighted by Crippen LogP contribution is -2.55. The molecule has 2 rings (SSSR count). The molecule has 4 nitrogen and oxygen atoms in total. The van der Waals surface area contributed by atoms with Crippen LogP contribution in [0, 0.1) is 0 Å². The molecule has 1 aromatic rings. The molecular weight excluding hydrogens is 220 g/mol. The summed E-state index contributed by atoms with van der Waals surface area (Å²) in [5, 5.41) is 9.54. The molecule has 3 atom stereocenters. The average Bonchev–Trinajstić information content (AvgIpc) is 2.36. The van der Waals surface area contributed by atoms with E-state index in [-0.39, 0.29) is 12.2 Å². The van der Waals surface area contributed by atoms with Crippen LogP contribution in [0.3, 0.4) is 0 Å². The summed E-state index contributed by atoms with van der Waals surface area (Å²) in [6.45, 7) is 2.50. The van der Waals surface area contributed by atoms with Gasteiger partial charge in [0.05, 0.1) is 13.2 Å². The predicted molar refractivity (Wildman–Crippen MR) is 63.4 cm³/mol. The van der Waals surface area contributed by atoms with E-state index in [0.717, 1.165) is 11.5 Å². The van der Waals surface area contributed by atoms with Crippen molar-refractivity contribution < 1.29 is 19.3 Å². The first-order valence-electron chi connectivity index (χ1n) is 5.85. The molecule has 0 amide bonds. The van der Waals surface area contributed by atoms with E-state index in [0.29, 0.717) is 13.0 Å². The van der Waals surface area contributed by atoms with E-state index < -0.39 is 6.10 Å². The molecule has 0 heterocycles. The summed E-state index contributed by atoms with van der Waals surface area (Å²) in [7, 11) is 1.63. The SMILES string of the molecule is CCOC1C(O)CC1Oc1ccc(OC)cc1. The highest BCUT2D eigenvalue weighted by Crippen LogP contribution is 2.29. The smallest absolute Gasteiger partial charge is 0.130 e. The van der Waals surface area contributed by atoms with Crippen LogP contribution in [-0.2, 0) is 4.74 Å². The van der Waals surface area contributed by atoms with Crippen molar-refractivity contribution in [1.82, 2.24) is 0 Å². The van der Waals surface area contributed by atoms with Crippen molar-refractivity contribution in [2.75, 3.05) is 13.7 Å². The minimum absolute atomic E-state index is 0.0571. The summed E-state index contributed by atoms with van der Waals surface area (Å²) in [5.41, 5.74) is 0. The quantitative estimate of drug-likeness (QED) is 0.846. The van der Waals surface area contributed by atoms with Gasteiger partial charge in [0, 0.05) is 13.0 Å². The van der Waals surface area contributed by atoms with Gasteiger partial charge in [0.2, 0.25) is 0 Å².